The monoisotopic (exact) mass is 447 g/mol. The molecule has 3 rings (SSSR count). The zero-order valence-electron chi connectivity index (χ0n) is 16.6. The van der Waals surface area contributed by atoms with Gasteiger partial charge in [0.2, 0.25) is 0 Å². The molecule has 1 amide bonds. The lowest BCUT2D eigenvalue weighted by atomic mass is 10.2. The molecular formula is C20H22ClN5O3S. The van der Waals surface area contributed by atoms with Crippen molar-refractivity contribution in [1.29, 1.82) is 0 Å². The standard InChI is InChI=1S/C20H22ClN5O3S/c1-3-5-9-26-16(22)15(17(27)24-20(26)29)25(4-2)19(28)14-11-30-18(23-14)12-7-6-8-13(21)10-12/h6-8,10-11H,3-5,9,22H2,1-2H3,(H,24,27,29). The third-order valence-corrected chi connectivity index (χ3v) is 5.70. The van der Waals surface area contributed by atoms with E-state index < -0.39 is 17.2 Å². The van der Waals surface area contributed by atoms with Gasteiger partial charge in [-0.1, -0.05) is 37.1 Å². The van der Waals surface area contributed by atoms with E-state index in [0.717, 1.165) is 12.0 Å². The number of unbranched alkanes of at least 4 members (excludes halogenated alkanes) is 1. The molecular weight excluding hydrogens is 426 g/mol. The van der Waals surface area contributed by atoms with Crippen LogP contribution >= 0.6 is 22.9 Å². The third kappa shape index (κ3) is 4.31. The fraction of sp³-hybridized carbons (Fsp3) is 0.300. The molecule has 0 aliphatic carbocycles. The largest absolute Gasteiger partial charge is 0.383 e. The molecule has 30 heavy (non-hydrogen) atoms. The Hall–Kier alpha value is -2.91. The first-order valence-corrected chi connectivity index (χ1v) is 10.8. The average molecular weight is 448 g/mol. The summed E-state index contributed by atoms with van der Waals surface area (Å²) in [5, 5.41) is 2.82. The molecule has 0 bridgehead atoms. The van der Waals surface area contributed by atoms with Gasteiger partial charge in [0.25, 0.3) is 11.5 Å². The Kier molecular flexibility index (Phi) is 6.73. The number of carbonyl (C=O) groups is 1. The van der Waals surface area contributed by atoms with Gasteiger partial charge in [0.1, 0.15) is 16.5 Å². The fourth-order valence-corrected chi connectivity index (χ4v) is 4.03. The smallest absolute Gasteiger partial charge is 0.330 e. The van der Waals surface area contributed by atoms with E-state index in [0.29, 0.717) is 23.0 Å². The Morgan fingerprint density at radius 3 is 2.77 bits per heavy atom. The van der Waals surface area contributed by atoms with Gasteiger partial charge in [0, 0.05) is 29.1 Å². The molecule has 3 N–H and O–H groups in total. The highest BCUT2D eigenvalue weighted by Gasteiger charge is 2.25. The molecule has 2 aromatic heterocycles. The second-order valence-corrected chi connectivity index (χ2v) is 7.89. The van der Waals surface area contributed by atoms with E-state index in [1.807, 2.05) is 13.0 Å². The summed E-state index contributed by atoms with van der Waals surface area (Å²) in [5.74, 6) is -0.502. The highest BCUT2D eigenvalue weighted by Crippen LogP contribution is 2.27. The van der Waals surface area contributed by atoms with Crippen molar-refractivity contribution in [2.24, 2.45) is 0 Å². The van der Waals surface area contributed by atoms with Crippen LogP contribution < -0.4 is 21.9 Å². The molecule has 10 heteroatoms. The molecule has 0 saturated heterocycles. The number of thiazole rings is 1. The van der Waals surface area contributed by atoms with Crippen molar-refractivity contribution in [2.75, 3.05) is 17.2 Å². The van der Waals surface area contributed by atoms with Crippen molar-refractivity contribution in [3.63, 3.8) is 0 Å². The summed E-state index contributed by atoms with van der Waals surface area (Å²) in [6.45, 7) is 4.24. The van der Waals surface area contributed by atoms with Gasteiger partial charge in [-0.15, -0.1) is 11.3 Å². The molecule has 2 heterocycles. The lowest BCUT2D eigenvalue weighted by Gasteiger charge is -2.22. The molecule has 8 nitrogen and oxygen atoms in total. The number of nitrogens with two attached hydrogens (primary N) is 1. The van der Waals surface area contributed by atoms with E-state index in [1.54, 1.807) is 30.5 Å². The average Bonchev–Trinajstić information content (AvgIpc) is 3.21. The minimum Gasteiger partial charge on any atom is -0.383 e. The summed E-state index contributed by atoms with van der Waals surface area (Å²) in [5.41, 5.74) is 5.79. The highest BCUT2D eigenvalue weighted by atomic mass is 35.5. The van der Waals surface area contributed by atoms with Gasteiger partial charge < -0.3 is 5.73 Å². The van der Waals surface area contributed by atoms with Gasteiger partial charge in [-0.25, -0.2) is 9.78 Å². The molecule has 0 aliphatic heterocycles. The van der Waals surface area contributed by atoms with Crippen molar-refractivity contribution >= 4 is 40.4 Å². The Bertz CT molecular complexity index is 1180. The Balaban J connectivity index is 2.00. The van der Waals surface area contributed by atoms with Gasteiger partial charge in [-0.3, -0.25) is 24.0 Å². The van der Waals surface area contributed by atoms with Gasteiger partial charge in [-0.05, 0) is 25.5 Å². The quantitative estimate of drug-likeness (QED) is 0.576. The highest BCUT2D eigenvalue weighted by molar-refractivity contribution is 7.13. The summed E-state index contributed by atoms with van der Waals surface area (Å²) in [4.78, 5) is 45.7. The van der Waals surface area contributed by atoms with Crippen molar-refractivity contribution in [1.82, 2.24) is 14.5 Å². The summed E-state index contributed by atoms with van der Waals surface area (Å²) >= 11 is 7.34. The van der Waals surface area contributed by atoms with Crippen LogP contribution in [0.5, 0.6) is 0 Å². The van der Waals surface area contributed by atoms with E-state index in [4.69, 9.17) is 17.3 Å². The van der Waals surface area contributed by atoms with Gasteiger partial charge in [0.15, 0.2) is 5.69 Å². The van der Waals surface area contributed by atoms with Crippen LogP contribution in [0.3, 0.4) is 0 Å². The van der Waals surface area contributed by atoms with Crippen LogP contribution in [0, 0.1) is 0 Å². The normalized spacial score (nSPS) is 10.9. The molecule has 0 unspecified atom stereocenters. The van der Waals surface area contributed by atoms with Gasteiger partial charge in [0.05, 0.1) is 0 Å². The Labute approximate surface area is 181 Å². The maximum absolute atomic E-state index is 13.2. The number of aromatic amines is 1. The van der Waals surface area contributed by atoms with E-state index in [1.165, 1.54) is 20.8 Å². The predicted octanol–water partition coefficient (Wildman–Crippen LogP) is 3.36. The molecule has 0 saturated carbocycles. The van der Waals surface area contributed by atoms with Crippen LogP contribution in [0.2, 0.25) is 5.02 Å². The van der Waals surface area contributed by atoms with Crippen molar-refractivity contribution in [3.05, 3.63) is 61.2 Å². The number of aromatic nitrogens is 3. The second kappa shape index (κ2) is 9.27. The molecule has 0 atom stereocenters. The SMILES string of the molecule is CCCCn1c(N)c(N(CC)C(=O)c2csc(-c3cccc(Cl)c3)n2)c(=O)[nH]c1=O. The number of nitrogens with one attached hydrogen (secondary N) is 1. The summed E-state index contributed by atoms with van der Waals surface area (Å²) < 4.78 is 1.29. The molecule has 158 valence electrons. The first-order chi connectivity index (χ1) is 14.4. The second-order valence-electron chi connectivity index (χ2n) is 6.60. The number of hydrogen-bond donors (Lipinski definition) is 2. The van der Waals surface area contributed by atoms with E-state index in [-0.39, 0.29) is 23.7 Å². The van der Waals surface area contributed by atoms with E-state index in [9.17, 15) is 14.4 Å². The van der Waals surface area contributed by atoms with Crippen LogP contribution in [0.25, 0.3) is 10.6 Å². The number of carbonyl (C=O) groups excluding carboxylic acids is 1. The van der Waals surface area contributed by atoms with Crippen LogP contribution in [0.15, 0.2) is 39.2 Å². The number of anilines is 2. The van der Waals surface area contributed by atoms with Crippen molar-refractivity contribution in [3.8, 4) is 10.6 Å². The van der Waals surface area contributed by atoms with Crippen LogP contribution in [0.1, 0.15) is 37.2 Å². The summed E-state index contributed by atoms with van der Waals surface area (Å²) in [6.07, 6.45) is 1.56. The number of nitrogen functional groups attached to an aromatic ring is 1. The maximum atomic E-state index is 13.2. The lowest BCUT2D eigenvalue weighted by Crippen LogP contribution is -2.41. The zero-order valence-corrected chi connectivity index (χ0v) is 18.2. The van der Waals surface area contributed by atoms with Crippen LogP contribution in [-0.2, 0) is 6.54 Å². The van der Waals surface area contributed by atoms with Gasteiger partial charge >= 0.3 is 5.69 Å². The van der Waals surface area contributed by atoms with Gasteiger partial charge in [-0.2, -0.15) is 0 Å². The topological polar surface area (TPSA) is 114 Å². The van der Waals surface area contributed by atoms with E-state index >= 15 is 0 Å². The zero-order chi connectivity index (χ0) is 21.8. The molecule has 3 aromatic rings. The molecule has 0 radical (unpaired) electrons. The van der Waals surface area contributed by atoms with Crippen LogP contribution in [-0.4, -0.2) is 27.0 Å². The van der Waals surface area contributed by atoms with Crippen molar-refractivity contribution < 1.29 is 4.79 Å². The Morgan fingerprint density at radius 2 is 2.10 bits per heavy atom. The number of halogens is 1. The summed E-state index contributed by atoms with van der Waals surface area (Å²) in [7, 11) is 0. The molecule has 0 fully saturated rings. The molecule has 1 aromatic carbocycles. The van der Waals surface area contributed by atoms with Crippen molar-refractivity contribution in [2.45, 2.75) is 33.2 Å². The fourth-order valence-electron chi connectivity index (χ4n) is 3.04. The number of H-pyrrole nitrogens is 1. The van der Waals surface area contributed by atoms with E-state index in [2.05, 4.69) is 9.97 Å². The molecule has 0 aliphatic rings. The number of amides is 1. The first kappa shape index (κ1) is 21.8. The third-order valence-electron chi connectivity index (χ3n) is 4.58. The lowest BCUT2D eigenvalue weighted by molar-refractivity contribution is 0.0984. The first-order valence-electron chi connectivity index (χ1n) is 9.53. The number of nitrogens with zero attached hydrogens (tertiary/aromatic N) is 3. The minimum atomic E-state index is -0.703. The summed E-state index contributed by atoms with van der Waals surface area (Å²) in [6, 6.07) is 7.17. The number of benzene rings is 1. The maximum Gasteiger partial charge on any atom is 0.330 e. The minimum absolute atomic E-state index is 0.0299. The Morgan fingerprint density at radius 1 is 1.33 bits per heavy atom. The predicted molar refractivity (Wildman–Crippen MR) is 121 cm³/mol. The number of hydrogen-bond acceptors (Lipinski definition) is 6. The molecule has 0 spiro atoms. The number of rotatable bonds is 7. The van der Waals surface area contributed by atoms with Crippen LogP contribution in [0.4, 0.5) is 11.5 Å².